The van der Waals surface area contributed by atoms with Crippen LogP contribution < -0.4 is 5.32 Å². The van der Waals surface area contributed by atoms with Gasteiger partial charge in [0, 0.05) is 18.8 Å². The lowest BCUT2D eigenvalue weighted by Crippen LogP contribution is -2.37. The molecule has 1 aliphatic rings. The molecule has 0 aromatic heterocycles. The molecule has 1 heterocycles. The van der Waals surface area contributed by atoms with Crippen molar-refractivity contribution in [2.75, 3.05) is 18.4 Å². The summed E-state index contributed by atoms with van der Waals surface area (Å²) in [6.45, 7) is 2.19. The summed E-state index contributed by atoms with van der Waals surface area (Å²) < 4.78 is 0. The summed E-state index contributed by atoms with van der Waals surface area (Å²) >= 11 is 0. The Kier molecular flexibility index (Phi) is 4.80. The molecule has 0 unspecified atom stereocenters. The second kappa shape index (κ2) is 7.54. The zero-order chi connectivity index (χ0) is 17.8. The highest BCUT2D eigenvalue weighted by molar-refractivity contribution is 5.93. The van der Waals surface area contributed by atoms with Gasteiger partial charge in [0.25, 0.3) is 0 Å². The molecule has 0 fully saturated rings. The zero-order valence-corrected chi connectivity index (χ0v) is 14.7. The standard InChI is InChI=1S/C23H22N2O/c26-23(17-25-14-13-19-9-4-5-10-21(19)16-25)24-22-12-6-11-20(15-22)18-7-2-1-3-8-18/h1-12,15H,13-14,16-17H2,(H,24,26). The first-order valence-electron chi connectivity index (χ1n) is 9.02. The van der Waals surface area contributed by atoms with Gasteiger partial charge in [0.15, 0.2) is 0 Å². The summed E-state index contributed by atoms with van der Waals surface area (Å²) in [6, 6.07) is 26.7. The lowest BCUT2D eigenvalue weighted by atomic mass is 10.00. The molecule has 130 valence electrons. The van der Waals surface area contributed by atoms with Crippen LogP contribution in [0.15, 0.2) is 78.9 Å². The van der Waals surface area contributed by atoms with Crippen molar-refractivity contribution in [3.8, 4) is 11.1 Å². The number of rotatable bonds is 4. The normalized spacial score (nSPS) is 13.8. The van der Waals surface area contributed by atoms with Gasteiger partial charge in [0.1, 0.15) is 0 Å². The third kappa shape index (κ3) is 3.84. The van der Waals surface area contributed by atoms with Gasteiger partial charge >= 0.3 is 0 Å². The first-order valence-corrected chi connectivity index (χ1v) is 9.02. The summed E-state index contributed by atoms with van der Waals surface area (Å²) in [4.78, 5) is 14.7. The molecule has 1 amide bonds. The van der Waals surface area contributed by atoms with Crippen molar-refractivity contribution >= 4 is 11.6 Å². The lowest BCUT2D eigenvalue weighted by Gasteiger charge is -2.28. The number of fused-ring (bicyclic) bond motifs is 1. The maximum absolute atomic E-state index is 12.5. The molecule has 0 saturated carbocycles. The second-order valence-corrected chi connectivity index (χ2v) is 6.72. The van der Waals surface area contributed by atoms with Gasteiger partial charge in [0.2, 0.25) is 5.91 Å². The van der Waals surface area contributed by atoms with Gasteiger partial charge in [-0.25, -0.2) is 0 Å². The van der Waals surface area contributed by atoms with E-state index in [4.69, 9.17) is 0 Å². The average molecular weight is 342 g/mol. The molecule has 3 aromatic carbocycles. The van der Waals surface area contributed by atoms with E-state index in [2.05, 4.69) is 52.7 Å². The number of nitrogens with zero attached hydrogens (tertiary/aromatic N) is 1. The third-order valence-corrected chi connectivity index (χ3v) is 4.83. The van der Waals surface area contributed by atoms with Crippen LogP contribution in [-0.2, 0) is 17.8 Å². The fraction of sp³-hybridized carbons (Fsp3) is 0.174. The van der Waals surface area contributed by atoms with Gasteiger partial charge < -0.3 is 5.32 Å². The maximum atomic E-state index is 12.5. The van der Waals surface area contributed by atoms with Crippen molar-refractivity contribution in [1.82, 2.24) is 4.90 Å². The summed E-state index contributed by atoms with van der Waals surface area (Å²) in [7, 11) is 0. The molecule has 0 saturated heterocycles. The quantitative estimate of drug-likeness (QED) is 0.764. The van der Waals surface area contributed by atoms with Crippen LogP contribution in [0.1, 0.15) is 11.1 Å². The molecular formula is C23H22N2O. The van der Waals surface area contributed by atoms with Crippen LogP contribution in [0, 0.1) is 0 Å². The maximum Gasteiger partial charge on any atom is 0.238 e. The Hall–Kier alpha value is -2.91. The molecule has 3 nitrogen and oxygen atoms in total. The largest absolute Gasteiger partial charge is 0.325 e. The Labute approximate surface area is 154 Å². The number of amides is 1. The number of carbonyl (C=O) groups excluding carboxylic acids is 1. The van der Waals surface area contributed by atoms with Crippen molar-refractivity contribution in [2.24, 2.45) is 0 Å². The fourth-order valence-electron chi connectivity index (χ4n) is 3.50. The summed E-state index contributed by atoms with van der Waals surface area (Å²) in [5, 5.41) is 3.04. The van der Waals surface area contributed by atoms with E-state index in [1.54, 1.807) is 0 Å². The van der Waals surface area contributed by atoms with Crippen LogP contribution in [0.25, 0.3) is 11.1 Å². The number of anilines is 1. The van der Waals surface area contributed by atoms with Crippen molar-refractivity contribution in [3.05, 3.63) is 90.0 Å². The van der Waals surface area contributed by atoms with Crippen molar-refractivity contribution in [1.29, 1.82) is 0 Å². The first-order chi connectivity index (χ1) is 12.8. The predicted octanol–water partition coefficient (Wildman–Crippen LogP) is 4.35. The second-order valence-electron chi connectivity index (χ2n) is 6.72. The molecule has 0 radical (unpaired) electrons. The van der Waals surface area contributed by atoms with E-state index < -0.39 is 0 Å². The first kappa shape index (κ1) is 16.6. The van der Waals surface area contributed by atoms with Crippen LogP contribution in [0.4, 0.5) is 5.69 Å². The van der Waals surface area contributed by atoms with Crippen molar-refractivity contribution in [2.45, 2.75) is 13.0 Å². The minimum absolute atomic E-state index is 0.0367. The summed E-state index contributed by atoms with van der Waals surface area (Å²) in [5.41, 5.74) is 5.83. The fourth-order valence-corrected chi connectivity index (χ4v) is 3.50. The van der Waals surface area contributed by atoms with Crippen molar-refractivity contribution in [3.63, 3.8) is 0 Å². The van der Waals surface area contributed by atoms with Gasteiger partial charge in [-0.1, -0.05) is 66.7 Å². The van der Waals surface area contributed by atoms with Crippen LogP contribution in [-0.4, -0.2) is 23.9 Å². The van der Waals surface area contributed by atoms with Gasteiger partial charge in [-0.3, -0.25) is 9.69 Å². The number of benzene rings is 3. The van der Waals surface area contributed by atoms with E-state index in [1.165, 1.54) is 11.1 Å². The molecule has 0 bridgehead atoms. The molecule has 26 heavy (non-hydrogen) atoms. The van der Waals surface area contributed by atoms with E-state index in [9.17, 15) is 4.79 Å². The molecule has 3 aromatic rings. The van der Waals surface area contributed by atoms with E-state index in [0.29, 0.717) is 6.54 Å². The van der Waals surface area contributed by atoms with E-state index in [-0.39, 0.29) is 5.91 Å². The Morgan fingerprint density at radius 2 is 1.58 bits per heavy atom. The number of hydrogen-bond donors (Lipinski definition) is 1. The van der Waals surface area contributed by atoms with E-state index in [0.717, 1.165) is 36.3 Å². The SMILES string of the molecule is O=C(CN1CCc2ccccc2C1)Nc1cccc(-c2ccccc2)c1. The molecular weight excluding hydrogens is 320 g/mol. The minimum atomic E-state index is 0.0367. The zero-order valence-electron chi connectivity index (χ0n) is 14.7. The molecule has 4 rings (SSSR count). The molecule has 0 atom stereocenters. The smallest absolute Gasteiger partial charge is 0.238 e. The third-order valence-electron chi connectivity index (χ3n) is 4.83. The molecule has 0 spiro atoms. The minimum Gasteiger partial charge on any atom is -0.325 e. The van der Waals surface area contributed by atoms with Crippen LogP contribution in [0.3, 0.4) is 0 Å². The monoisotopic (exact) mass is 342 g/mol. The molecule has 1 aliphatic heterocycles. The van der Waals surface area contributed by atoms with Crippen LogP contribution in [0.2, 0.25) is 0 Å². The van der Waals surface area contributed by atoms with Crippen LogP contribution >= 0.6 is 0 Å². The Bertz CT molecular complexity index is 905. The Morgan fingerprint density at radius 1 is 0.846 bits per heavy atom. The van der Waals surface area contributed by atoms with E-state index in [1.807, 2.05) is 36.4 Å². The van der Waals surface area contributed by atoms with Gasteiger partial charge in [-0.15, -0.1) is 0 Å². The molecule has 0 aliphatic carbocycles. The number of carbonyl (C=O) groups is 1. The van der Waals surface area contributed by atoms with Gasteiger partial charge in [-0.2, -0.15) is 0 Å². The topological polar surface area (TPSA) is 32.3 Å². The lowest BCUT2D eigenvalue weighted by molar-refractivity contribution is -0.117. The van der Waals surface area contributed by atoms with Crippen LogP contribution in [0.5, 0.6) is 0 Å². The molecule has 1 N–H and O–H groups in total. The highest BCUT2D eigenvalue weighted by Gasteiger charge is 2.18. The summed E-state index contributed by atoms with van der Waals surface area (Å²) in [6.07, 6.45) is 1.01. The molecule has 3 heteroatoms. The average Bonchev–Trinajstić information content (AvgIpc) is 2.69. The van der Waals surface area contributed by atoms with E-state index >= 15 is 0 Å². The van der Waals surface area contributed by atoms with Gasteiger partial charge in [0.05, 0.1) is 6.54 Å². The number of hydrogen-bond acceptors (Lipinski definition) is 2. The highest BCUT2D eigenvalue weighted by Crippen LogP contribution is 2.22. The number of nitrogens with one attached hydrogen (secondary N) is 1. The van der Waals surface area contributed by atoms with Crippen molar-refractivity contribution < 1.29 is 4.79 Å². The summed E-state index contributed by atoms with van der Waals surface area (Å²) in [5.74, 6) is 0.0367. The predicted molar refractivity (Wildman–Crippen MR) is 106 cm³/mol. The Balaban J connectivity index is 1.40. The highest BCUT2D eigenvalue weighted by atomic mass is 16.2. The van der Waals surface area contributed by atoms with Gasteiger partial charge in [-0.05, 0) is 40.8 Å². The Morgan fingerprint density at radius 3 is 2.42 bits per heavy atom.